The zero-order valence-electron chi connectivity index (χ0n) is 7.97. The molecule has 0 N–H and O–H groups in total. The van der Waals surface area contributed by atoms with Crippen LogP contribution in [-0.4, -0.2) is 24.9 Å². The van der Waals surface area contributed by atoms with Crippen LogP contribution >= 0.6 is 0 Å². The summed E-state index contributed by atoms with van der Waals surface area (Å²) in [5.41, 5.74) is -0.690. The van der Waals surface area contributed by atoms with Gasteiger partial charge >= 0.3 is 0 Å². The van der Waals surface area contributed by atoms with Crippen LogP contribution in [0.1, 0.15) is 10.4 Å². The molecule has 3 nitrogen and oxygen atoms in total. The molecule has 2 rings (SSSR count). The van der Waals surface area contributed by atoms with Gasteiger partial charge in [-0.3, -0.25) is 9.59 Å². The first-order valence-corrected chi connectivity index (χ1v) is 4.47. The summed E-state index contributed by atoms with van der Waals surface area (Å²) < 4.78 is 38.3. The van der Waals surface area contributed by atoms with E-state index in [2.05, 4.69) is 0 Å². The van der Waals surface area contributed by atoms with E-state index in [9.17, 15) is 22.8 Å². The molecule has 1 aromatic rings. The normalized spacial score (nSPS) is 14.6. The third kappa shape index (κ3) is 1.37. The van der Waals surface area contributed by atoms with Crippen molar-refractivity contribution >= 4 is 17.4 Å². The van der Waals surface area contributed by atoms with E-state index < -0.39 is 35.6 Å². The molecule has 0 aliphatic carbocycles. The van der Waals surface area contributed by atoms with Gasteiger partial charge < -0.3 is 4.90 Å². The Morgan fingerprint density at radius 3 is 2.50 bits per heavy atom. The van der Waals surface area contributed by atoms with E-state index in [0.29, 0.717) is 6.07 Å². The molecule has 0 fully saturated rings. The topological polar surface area (TPSA) is 37.4 Å². The van der Waals surface area contributed by atoms with Gasteiger partial charge in [0.15, 0.2) is 0 Å². The van der Waals surface area contributed by atoms with Crippen LogP contribution in [0.5, 0.6) is 0 Å². The summed E-state index contributed by atoms with van der Waals surface area (Å²) in [5, 5.41) is 0. The third-order valence-corrected chi connectivity index (χ3v) is 2.30. The molecule has 1 heterocycles. The second-order valence-corrected chi connectivity index (χ2v) is 3.26. The van der Waals surface area contributed by atoms with Gasteiger partial charge in [0, 0.05) is 6.07 Å². The standard InChI is InChI=1S/C10H6F3NO2/c11-1-2-14-7-4-5(12)3-6(13)8(7)9(15)10(14)16/h3-4H,1-2H2. The van der Waals surface area contributed by atoms with Gasteiger partial charge in [0.25, 0.3) is 11.7 Å². The lowest BCUT2D eigenvalue weighted by atomic mass is 10.1. The monoisotopic (exact) mass is 229 g/mol. The second-order valence-electron chi connectivity index (χ2n) is 3.26. The number of anilines is 1. The highest BCUT2D eigenvalue weighted by Crippen LogP contribution is 2.31. The summed E-state index contributed by atoms with van der Waals surface area (Å²) in [6, 6.07) is 1.36. The number of benzene rings is 1. The number of halogens is 3. The number of alkyl halides is 1. The van der Waals surface area contributed by atoms with E-state index in [1.54, 1.807) is 0 Å². The minimum absolute atomic E-state index is 0.204. The van der Waals surface area contributed by atoms with Crippen molar-refractivity contribution in [2.24, 2.45) is 0 Å². The summed E-state index contributed by atoms with van der Waals surface area (Å²) in [4.78, 5) is 23.4. The Hall–Kier alpha value is -1.85. The van der Waals surface area contributed by atoms with Crippen molar-refractivity contribution in [3.63, 3.8) is 0 Å². The lowest BCUT2D eigenvalue weighted by Gasteiger charge is -2.13. The summed E-state index contributed by atoms with van der Waals surface area (Å²) >= 11 is 0. The minimum Gasteiger partial charge on any atom is -0.302 e. The predicted octanol–water partition coefficient (Wildman–Crippen LogP) is 1.46. The average molecular weight is 229 g/mol. The van der Waals surface area contributed by atoms with E-state index in [1.807, 2.05) is 0 Å². The number of carbonyl (C=O) groups is 2. The largest absolute Gasteiger partial charge is 0.302 e. The number of hydrogen-bond donors (Lipinski definition) is 0. The van der Waals surface area contributed by atoms with Crippen LogP contribution in [-0.2, 0) is 4.79 Å². The highest BCUT2D eigenvalue weighted by Gasteiger charge is 2.38. The highest BCUT2D eigenvalue weighted by molar-refractivity contribution is 6.52. The fourth-order valence-corrected chi connectivity index (χ4v) is 1.64. The Balaban J connectivity index is 2.60. The number of amides is 1. The Morgan fingerprint density at radius 2 is 1.88 bits per heavy atom. The van der Waals surface area contributed by atoms with Crippen molar-refractivity contribution in [2.45, 2.75) is 0 Å². The van der Waals surface area contributed by atoms with Crippen molar-refractivity contribution in [1.29, 1.82) is 0 Å². The van der Waals surface area contributed by atoms with Gasteiger partial charge in [0.05, 0.1) is 17.8 Å². The van der Waals surface area contributed by atoms with Gasteiger partial charge in [0.2, 0.25) is 0 Å². The molecule has 6 heteroatoms. The fourth-order valence-electron chi connectivity index (χ4n) is 1.64. The van der Waals surface area contributed by atoms with Gasteiger partial charge in [-0.25, -0.2) is 13.2 Å². The van der Waals surface area contributed by atoms with Crippen LogP contribution < -0.4 is 4.90 Å². The Labute approximate surface area is 88.5 Å². The molecule has 1 aliphatic heterocycles. The average Bonchev–Trinajstić information content (AvgIpc) is 2.44. The number of nitrogens with zero attached hydrogens (tertiary/aromatic N) is 1. The zero-order valence-corrected chi connectivity index (χ0v) is 7.97. The SMILES string of the molecule is O=C1C(=O)N(CCF)c2cc(F)cc(F)c21. The van der Waals surface area contributed by atoms with Gasteiger partial charge in [-0.1, -0.05) is 0 Å². The quantitative estimate of drug-likeness (QED) is 0.720. The molecule has 0 radical (unpaired) electrons. The maximum absolute atomic E-state index is 13.3. The second kappa shape index (κ2) is 3.62. The van der Waals surface area contributed by atoms with E-state index in [0.717, 1.165) is 11.0 Å². The predicted molar refractivity (Wildman–Crippen MR) is 49.0 cm³/mol. The number of carbonyl (C=O) groups excluding carboxylic acids is 2. The molecular weight excluding hydrogens is 223 g/mol. The lowest BCUT2D eigenvalue weighted by Crippen LogP contribution is -2.31. The molecular formula is C10H6F3NO2. The number of fused-ring (bicyclic) bond motifs is 1. The molecule has 0 bridgehead atoms. The van der Waals surface area contributed by atoms with E-state index in [-0.39, 0.29) is 12.2 Å². The van der Waals surface area contributed by atoms with Gasteiger partial charge in [-0.05, 0) is 6.07 Å². The van der Waals surface area contributed by atoms with Crippen LogP contribution in [0.25, 0.3) is 0 Å². The molecule has 1 aromatic carbocycles. The van der Waals surface area contributed by atoms with Crippen molar-refractivity contribution in [3.8, 4) is 0 Å². The molecule has 0 atom stereocenters. The number of rotatable bonds is 2. The van der Waals surface area contributed by atoms with Crippen molar-refractivity contribution in [2.75, 3.05) is 18.1 Å². The molecule has 1 amide bonds. The molecule has 0 unspecified atom stereocenters. The molecule has 0 spiro atoms. The molecule has 0 saturated carbocycles. The van der Waals surface area contributed by atoms with Gasteiger partial charge in [-0.2, -0.15) is 0 Å². The Morgan fingerprint density at radius 1 is 1.19 bits per heavy atom. The maximum atomic E-state index is 13.3. The van der Waals surface area contributed by atoms with Crippen molar-refractivity contribution in [3.05, 3.63) is 29.3 Å². The van der Waals surface area contributed by atoms with Gasteiger partial charge in [0.1, 0.15) is 18.3 Å². The smallest absolute Gasteiger partial charge is 0.299 e. The first-order valence-electron chi connectivity index (χ1n) is 4.47. The first kappa shape index (κ1) is 10.7. The minimum atomic E-state index is -1.10. The van der Waals surface area contributed by atoms with Crippen molar-refractivity contribution < 1.29 is 22.8 Å². The summed E-state index contributed by atoms with van der Waals surface area (Å²) in [7, 11) is 0. The van der Waals surface area contributed by atoms with E-state index in [4.69, 9.17) is 0 Å². The molecule has 16 heavy (non-hydrogen) atoms. The summed E-state index contributed by atoms with van der Waals surface area (Å²) in [6.45, 7) is -1.28. The highest BCUT2D eigenvalue weighted by atomic mass is 19.1. The number of Topliss-reactive ketones (excluding diaryl/α,β-unsaturated/α-hetero) is 1. The van der Waals surface area contributed by atoms with Crippen LogP contribution in [0.3, 0.4) is 0 Å². The van der Waals surface area contributed by atoms with Crippen LogP contribution in [0.4, 0.5) is 18.9 Å². The van der Waals surface area contributed by atoms with Gasteiger partial charge in [-0.15, -0.1) is 0 Å². The zero-order chi connectivity index (χ0) is 11.9. The molecule has 0 saturated heterocycles. The molecule has 0 aromatic heterocycles. The maximum Gasteiger partial charge on any atom is 0.299 e. The van der Waals surface area contributed by atoms with E-state index in [1.165, 1.54) is 0 Å². The molecule has 1 aliphatic rings. The van der Waals surface area contributed by atoms with Crippen molar-refractivity contribution in [1.82, 2.24) is 0 Å². The molecule has 84 valence electrons. The fraction of sp³-hybridized carbons (Fsp3) is 0.200. The first-order chi connectivity index (χ1) is 7.56. The summed E-state index contributed by atoms with van der Waals surface area (Å²) in [6.07, 6.45) is 0. The number of hydrogen-bond acceptors (Lipinski definition) is 2. The van der Waals surface area contributed by atoms with E-state index >= 15 is 0 Å². The Bertz CT molecular complexity index is 487. The third-order valence-electron chi connectivity index (χ3n) is 2.30. The number of ketones is 1. The Kier molecular flexibility index (Phi) is 2.41. The van der Waals surface area contributed by atoms with Crippen LogP contribution in [0, 0.1) is 11.6 Å². The van der Waals surface area contributed by atoms with Crippen LogP contribution in [0.15, 0.2) is 12.1 Å². The van der Waals surface area contributed by atoms with Crippen LogP contribution in [0.2, 0.25) is 0 Å². The summed E-state index contributed by atoms with van der Waals surface area (Å²) in [5.74, 6) is -4.12. The lowest BCUT2D eigenvalue weighted by molar-refractivity contribution is -0.114.